The summed E-state index contributed by atoms with van der Waals surface area (Å²) in [6, 6.07) is 0. The molecule has 0 aromatic carbocycles. The number of rotatable bonds is 12. The molecular formula is C32H52N10O10PSi2-. The molecule has 6 N–H and O–H groups in total. The minimum absolute atomic E-state index is 0.140. The number of ether oxygens (including phenoxy) is 2. The van der Waals surface area contributed by atoms with Crippen LogP contribution < -0.4 is 16.4 Å². The van der Waals surface area contributed by atoms with Crippen molar-refractivity contribution >= 4 is 58.4 Å². The minimum atomic E-state index is -5.24. The number of nitrogens with two attached hydrogens (primary N) is 2. The number of nitrogen functional groups attached to an aromatic ring is 2. The van der Waals surface area contributed by atoms with Crippen molar-refractivity contribution in [2.45, 2.75) is 127 Å². The van der Waals surface area contributed by atoms with E-state index in [1.54, 1.807) is 9.13 Å². The lowest BCUT2D eigenvalue weighted by Crippen LogP contribution is -2.49. The molecule has 2 saturated heterocycles. The first-order chi connectivity index (χ1) is 25.5. The van der Waals surface area contributed by atoms with Crippen LogP contribution in [0.15, 0.2) is 25.3 Å². The van der Waals surface area contributed by atoms with Gasteiger partial charge in [0.05, 0.1) is 25.9 Å². The van der Waals surface area contributed by atoms with Crippen LogP contribution >= 0.6 is 7.82 Å². The summed E-state index contributed by atoms with van der Waals surface area (Å²) >= 11 is 0. The molecule has 23 heteroatoms. The van der Waals surface area contributed by atoms with Crippen LogP contribution in [0.3, 0.4) is 0 Å². The van der Waals surface area contributed by atoms with E-state index in [0.29, 0.717) is 22.3 Å². The molecule has 304 valence electrons. The topological polar surface area (TPSA) is 275 Å². The van der Waals surface area contributed by atoms with Gasteiger partial charge in [0.25, 0.3) is 7.82 Å². The summed E-state index contributed by atoms with van der Waals surface area (Å²) in [5.74, 6) is 0.295. The maximum Gasteiger partial charge on any atom is 0.268 e. The minimum Gasteiger partial charge on any atom is -0.756 e. The number of aliphatic hydroxyl groups is 2. The Hall–Kier alpha value is -3.00. The van der Waals surface area contributed by atoms with Gasteiger partial charge in [0.15, 0.2) is 52.0 Å². The Morgan fingerprint density at radius 2 is 1.24 bits per heavy atom. The van der Waals surface area contributed by atoms with Crippen molar-refractivity contribution in [2.75, 3.05) is 24.7 Å². The molecule has 6 rings (SSSR count). The summed E-state index contributed by atoms with van der Waals surface area (Å²) in [5, 5.41) is 21.6. The fourth-order valence-electron chi connectivity index (χ4n) is 6.03. The molecule has 0 aliphatic carbocycles. The summed E-state index contributed by atoms with van der Waals surface area (Å²) in [5.41, 5.74) is 13.4. The van der Waals surface area contributed by atoms with Crippen molar-refractivity contribution in [3.8, 4) is 0 Å². The van der Waals surface area contributed by atoms with Gasteiger partial charge in [0.1, 0.15) is 60.3 Å². The number of imidazole rings is 2. The summed E-state index contributed by atoms with van der Waals surface area (Å²) in [6.07, 6.45) is -3.72. The summed E-state index contributed by atoms with van der Waals surface area (Å²) in [4.78, 5) is 39.1. The van der Waals surface area contributed by atoms with Gasteiger partial charge in [-0.3, -0.25) is 13.7 Å². The average Bonchev–Trinajstić information content (AvgIpc) is 3.84. The Balaban J connectivity index is 1.27. The molecule has 2 fully saturated rings. The molecule has 55 heavy (non-hydrogen) atoms. The van der Waals surface area contributed by atoms with Crippen LogP contribution in [0, 0.1) is 0 Å². The fraction of sp³-hybridized carbons (Fsp3) is 0.688. The van der Waals surface area contributed by atoms with Crippen LogP contribution in [0.1, 0.15) is 54.0 Å². The first-order valence-electron chi connectivity index (χ1n) is 17.9. The van der Waals surface area contributed by atoms with Gasteiger partial charge in [-0.05, 0) is 36.3 Å². The SMILES string of the molecule is CC(C)(C)[Si](C)(C)OC1C(O)[C@@H](COP(=O)([O-])OC2C(O[Si](C)(C)C(C)(C)C)[C@H](n3cnc4c(N)ncnc43)O[C@@H]2CO)O[C@H]1n1cnc2c(N)ncnc21. The first-order valence-corrected chi connectivity index (χ1v) is 25.2. The van der Waals surface area contributed by atoms with E-state index in [9.17, 15) is 19.7 Å². The molecule has 5 unspecified atom stereocenters. The summed E-state index contributed by atoms with van der Waals surface area (Å²) in [6.45, 7) is 19.0. The van der Waals surface area contributed by atoms with Crippen LogP contribution in [0.5, 0.6) is 0 Å². The molecule has 0 amide bonds. The lowest BCUT2D eigenvalue weighted by molar-refractivity contribution is -0.236. The second-order valence-electron chi connectivity index (χ2n) is 17.0. The van der Waals surface area contributed by atoms with Gasteiger partial charge in [-0.15, -0.1) is 0 Å². The summed E-state index contributed by atoms with van der Waals surface area (Å²) in [7, 11) is -10.4. The third-order valence-electron chi connectivity index (χ3n) is 11.2. The Labute approximate surface area is 320 Å². The highest BCUT2D eigenvalue weighted by molar-refractivity contribution is 7.45. The lowest BCUT2D eigenvalue weighted by atomic mass is 10.1. The monoisotopic (exact) mass is 823 g/mol. The van der Waals surface area contributed by atoms with Crippen molar-refractivity contribution in [1.29, 1.82) is 0 Å². The van der Waals surface area contributed by atoms with E-state index in [-0.39, 0.29) is 21.7 Å². The van der Waals surface area contributed by atoms with E-state index in [4.69, 9.17) is 38.8 Å². The van der Waals surface area contributed by atoms with Gasteiger partial charge in [-0.1, -0.05) is 41.5 Å². The van der Waals surface area contributed by atoms with E-state index >= 15 is 0 Å². The number of phosphoric ester groups is 1. The molecule has 0 saturated carbocycles. The zero-order chi connectivity index (χ0) is 40.5. The van der Waals surface area contributed by atoms with Crippen LogP contribution in [0.25, 0.3) is 22.3 Å². The van der Waals surface area contributed by atoms with E-state index in [2.05, 4.69) is 50.7 Å². The lowest BCUT2D eigenvalue weighted by Gasteiger charge is -2.41. The van der Waals surface area contributed by atoms with E-state index in [0.717, 1.165) is 0 Å². The van der Waals surface area contributed by atoms with E-state index < -0.39 is 86.8 Å². The highest BCUT2D eigenvalue weighted by Gasteiger charge is 2.54. The van der Waals surface area contributed by atoms with Crippen molar-refractivity contribution in [3.63, 3.8) is 0 Å². The number of phosphoric acid groups is 1. The molecule has 0 radical (unpaired) electrons. The van der Waals surface area contributed by atoms with E-state index in [1.165, 1.54) is 25.3 Å². The molecule has 4 aromatic heterocycles. The Bertz CT molecular complexity index is 2060. The second kappa shape index (κ2) is 14.7. The smallest absolute Gasteiger partial charge is 0.268 e. The molecule has 0 bridgehead atoms. The Morgan fingerprint density at radius 1 is 0.782 bits per heavy atom. The number of fused-ring (bicyclic) bond motifs is 2. The fourth-order valence-corrected chi connectivity index (χ4v) is 9.55. The largest absolute Gasteiger partial charge is 0.756 e. The van der Waals surface area contributed by atoms with Crippen LogP contribution in [-0.4, -0.2) is 116 Å². The highest BCUT2D eigenvalue weighted by Crippen LogP contribution is 2.50. The van der Waals surface area contributed by atoms with Crippen LogP contribution in [0.4, 0.5) is 11.6 Å². The standard InChI is InChI=1S/C32H53N10O10PSi2/c1-31(2,3)54(7,8)51-23-21(44)18(49-29(23)41-15-39-19-25(33)35-13-37-27(19)41)12-47-53(45,46)50-22-17(11-43)48-30(24(22)52-55(9,10)32(4,5)6)42-16-40-20-26(34)36-14-38-28(20)42/h13-18,21-24,29-30,43-44H,11-12H2,1-10H3,(H,45,46)(H2,33,35,37)(H2,34,36,38)/p-1/t17-,18-,21?,22?,23?,24?,29-,30-/m1/s1. The predicted octanol–water partition coefficient (Wildman–Crippen LogP) is 2.63. The predicted molar refractivity (Wildman–Crippen MR) is 203 cm³/mol. The molecule has 6 heterocycles. The quantitative estimate of drug-likeness (QED) is 0.118. The zero-order valence-corrected chi connectivity index (χ0v) is 35.6. The molecule has 2 aliphatic heterocycles. The molecule has 20 nitrogen and oxygen atoms in total. The highest BCUT2D eigenvalue weighted by atomic mass is 31.2. The Kier molecular flexibility index (Phi) is 11.2. The maximum atomic E-state index is 13.8. The van der Waals surface area contributed by atoms with Crippen molar-refractivity contribution in [3.05, 3.63) is 25.3 Å². The number of aliphatic hydroxyl groups excluding tert-OH is 2. The van der Waals surface area contributed by atoms with Crippen LogP contribution in [-0.2, 0) is 31.9 Å². The van der Waals surface area contributed by atoms with Gasteiger partial charge < -0.3 is 53.9 Å². The van der Waals surface area contributed by atoms with Gasteiger partial charge in [-0.2, -0.15) is 0 Å². The van der Waals surface area contributed by atoms with Crippen molar-refractivity contribution in [2.24, 2.45) is 0 Å². The molecular weight excluding hydrogens is 772 g/mol. The van der Waals surface area contributed by atoms with E-state index in [1.807, 2.05) is 47.0 Å². The van der Waals surface area contributed by atoms with Gasteiger partial charge in [0.2, 0.25) is 0 Å². The molecule has 4 aromatic rings. The van der Waals surface area contributed by atoms with Crippen LogP contribution in [0.2, 0.25) is 36.3 Å². The number of anilines is 2. The third-order valence-corrected chi connectivity index (χ3v) is 21.1. The van der Waals surface area contributed by atoms with Gasteiger partial charge >= 0.3 is 0 Å². The van der Waals surface area contributed by atoms with Crippen molar-refractivity contribution in [1.82, 2.24) is 39.0 Å². The van der Waals surface area contributed by atoms with Crippen molar-refractivity contribution < 1.29 is 47.0 Å². The molecule has 0 spiro atoms. The maximum absolute atomic E-state index is 13.8. The number of aromatic nitrogens is 8. The third kappa shape index (κ3) is 7.97. The summed E-state index contributed by atoms with van der Waals surface area (Å²) < 4.78 is 54.1. The van der Waals surface area contributed by atoms with Gasteiger partial charge in [0, 0.05) is 0 Å². The van der Waals surface area contributed by atoms with Gasteiger partial charge in [-0.25, -0.2) is 29.9 Å². The Morgan fingerprint density at radius 3 is 1.71 bits per heavy atom. The first kappa shape index (κ1) is 41.6. The molecule has 9 atom stereocenters. The number of nitrogens with zero attached hydrogens (tertiary/aromatic N) is 8. The average molecular weight is 824 g/mol. The number of hydrogen-bond donors (Lipinski definition) is 4. The number of hydrogen-bond acceptors (Lipinski definition) is 18. The molecule has 2 aliphatic rings. The zero-order valence-electron chi connectivity index (χ0n) is 32.7. The normalized spacial score (nSPS) is 28.0. The second-order valence-corrected chi connectivity index (χ2v) is 27.8.